The molecule has 1 fully saturated rings. The summed E-state index contributed by atoms with van der Waals surface area (Å²) in [5, 5.41) is 8.86. The predicted octanol–water partition coefficient (Wildman–Crippen LogP) is 2.10. The highest BCUT2D eigenvalue weighted by Crippen LogP contribution is 2.23. The van der Waals surface area contributed by atoms with Crippen LogP contribution in [-0.4, -0.2) is 46.0 Å². The Balaban J connectivity index is 1.50. The maximum absolute atomic E-state index is 14.9. The molecule has 148 valence electrons. The van der Waals surface area contributed by atoms with E-state index in [-0.39, 0.29) is 28.8 Å². The minimum Gasteiger partial charge on any atom is -0.354 e. The number of anilines is 1. The summed E-state index contributed by atoms with van der Waals surface area (Å²) < 4.78 is 29.4. The number of halogens is 2. The average molecular weight is 396 g/mol. The lowest BCUT2D eigenvalue weighted by atomic mass is 10.1. The highest BCUT2D eigenvalue weighted by Gasteiger charge is 2.22. The van der Waals surface area contributed by atoms with Crippen molar-refractivity contribution in [2.24, 2.45) is 0 Å². The van der Waals surface area contributed by atoms with E-state index >= 15 is 0 Å². The van der Waals surface area contributed by atoms with Gasteiger partial charge in [0.15, 0.2) is 5.82 Å². The zero-order valence-corrected chi connectivity index (χ0v) is 15.7. The maximum atomic E-state index is 14.9. The molecule has 0 radical (unpaired) electrons. The summed E-state index contributed by atoms with van der Waals surface area (Å²) in [7, 11) is 0. The lowest BCUT2D eigenvalue weighted by molar-refractivity contribution is 0.242. The molecule has 1 aromatic carbocycles. The molecule has 0 amide bonds. The first-order valence-corrected chi connectivity index (χ1v) is 9.17. The lowest BCUT2D eigenvalue weighted by Gasteiger charge is -2.35. The van der Waals surface area contributed by atoms with E-state index in [4.69, 9.17) is 5.26 Å². The molecule has 1 saturated heterocycles. The summed E-state index contributed by atoms with van der Waals surface area (Å²) in [6.07, 6.45) is 1.53. The van der Waals surface area contributed by atoms with Gasteiger partial charge in [0.05, 0.1) is 11.1 Å². The Morgan fingerprint density at radius 1 is 1.24 bits per heavy atom. The van der Waals surface area contributed by atoms with Crippen LogP contribution in [-0.2, 0) is 6.54 Å². The number of nitrogens with one attached hydrogen (secondary N) is 1. The fourth-order valence-corrected chi connectivity index (χ4v) is 3.43. The molecule has 0 atom stereocenters. The minimum atomic E-state index is -0.777. The standard InChI is InChI=1S/C20H18F2N6O/c1-12-20(29)26-19-16(25-12)8-15(21)14(18(19)22)11-27-4-6-28(7-5-27)17-3-2-13(9-23)10-24-17/h2-3,8,10H,4-7,11H2,1H3,(H,26,29). The normalized spacial score (nSPS) is 14.9. The Morgan fingerprint density at radius 3 is 2.66 bits per heavy atom. The molecule has 0 saturated carbocycles. The zero-order valence-electron chi connectivity index (χ0n) is 15.7. The Hall–Kier alpha value is -3.38. The summed E-state index contributed by atoms with van der Waals surface area (Å²) in [5.41, 5.74) is 0.116. The van der Waals surface area contributed by atoms with Gasteiger partial charge in [0, 0.05) is 50.6 Å². The van der Waals surface area contributed by atoms with Gasteiger partial charge in [-0.25, -0.2) is 18.7 Å². The number of piperazine rings is 1. The van der Waals surface area contributed by atoms with E-state index < -0.39 is 17.2 Å². The maximum Gasteiger partial charge on any atom is 0.269 e. The number of aromatic nitrogens is 3. The van der Waals surface area contributed by atoms with E-state index in [2.05, 4.69) is 19.9 Å². The third-order valence-electron chi connectivity index (χ3n) is 5.10. The van der Waals surface area contributed by atoms with Gasteiger partial charge < -0.3 is 9.88 Å². The van der Waals surface area contributed by atoms with E-state index in [0.29, 0.717) is 31.7 Å². The van der Waals surface area contributed by atoms with Crippen molar-refractivity contribution in [2.75, 3.05) is 31.1 Å². The van der Waals surface area contributed by atoms with Crippen LogP contribution in [0.2, 0.25) is 0 Å². The van der Waals surface area contributed by atoms with Crippen molar-refractivity contribution in [1.29, 1.82) is 5.26 Å². The van der Waals surface area contributed by atoms with Crippen molar-refractivity contribution in [3.05, 3.63) is 63.2 Å². The molecule has 3 heterocycles. The van der Waals surface area contributed by atoms with Crippen LogP contribution in [0.15, 0.2) is 29.2 Å². The van der Waals surface area contributed by atoms with E-state index in [1.807, 2.05) is 11.0 Å². The van der Waals surface area contributed by atoms with E-state index in [1.54, 1.807) is 12.1 Å². The van der Waals surface area contributed by atoms with E-state index in [1.165, 1.54) is 13.1 Å². The fraction of sp³-hybridized carbons (Fsp3) is 0.300. The van der Waals surface area contributed by atoms with Crippen molar-refractivity contribution in [3.8, 4) is 6.07 Å². The summed E-state index contributed by atoms with van der Waals surface area (Å²) in [4.78, 5) is 26.5. The number of nitriles is 1. The van der Waals surface area contributed by atoms with Crippen LogP contribution in [0.5, 0.6) is 0 Å². The Bertz CT molecular complexity index is 1160. The average Bonchev–Trinajstić information content (AvgIpc) is 2.73. The lowest BCUT2D eigenvalue weighted by Crippen LogP contribution is -2.46. The molecular formula is C20H18F2N6O. The van der Waals surface area contributed by atoms with Gasteiger partial charge in [-0.2, -0.15) is 5.26 Å². The topological polar surface area (TPSA) is 88.9 Å². The third-order valence-corrected chi connectivity index (χ3v) is 5.10. The van der Waals surface area contributed by atoms with Gasteiger partial charge in [-0.1, -0.05) is 0 Å². The van der Waals surface area contributed by atoms with Crippen molar-refractivity contribution >= 4 is 16.9 Å². The largest absolute Gasteiger partial charge is 0.354 e. The molecule has 1 N–H and O–H groups in total. The third kappa shape index (κ3) is 3.67. The predicted molar refractivity (Wildman–Crippen MR) is 103 cm³/mol. The molecule has 1 aliphatic rings. The molecule has 7 nitrogen and oxygen atoms in total. The summed E-state index contributed by atoms with van der Waals surface area (Å²) >= 11 is 0. The Kier molecular flexibility index (Phi) is 4.94. The van der Waals surface area contributed by atoms with Crippen molar-refractivity contribution in [3.63, 3.8) is 0 Å². The van der Waals surface area contributed by atoms with Gasteiger partial charge in [0.25, 0.3) is 5.56 Å². The monoisotopic (exact) mass is 396 g/mol. The molecule has 0 spiro atoms. The van der Waals surface area contributed by atoms with Gasteiger partial charge in [-0.05, 0) is 19.1 Å². The molecule has 0 bridgehead atoms. The second-order valence-electron chi connectivity index (χ2n) is 6.98. The van der Waals surface area contributed by atoms with Crippen molar-refractivity contribution < 1.29 is 8.78 Å². The number of H-pyrrole nitrogens is 1. The first kappa shape index (κ1) is 19.0. The fourth-order valence-electron chi connectivity index (χ4n) is 3.43. The Labute approximate surface area is 165 Å². The molecule has 9 heteroatoms. The molecule has 0 aliphatic carbocycles. The van der Waals surface area contributed by atoms with Crippen LogP contribution >= 0.6 is 0 Å². The van der Waals surface area contributed by atoms with Gasteiger partial charge in [-0.15, -0.1) is 0 Å². The van der Waals surface area contributed by atoms with Crippen LogP contribution in [0, 0.1) is 29.9 Å². The van der Waals surface area contributed by atoms with Crippen LogP contribution in [0.3, 0.4) is 0 Å². The smallest absolute Gasteiger partial charge is 0.269 e. The number of hydrogen-bond donors (Lipinski definition) is 1. The van der Waals surface area contributed by atoms with Crippen molar-refractivity contribution in [2.45, 2.75) is 13.5 Å². The first-order valence-electron chi connectivity index (χ1n) is 9.17. The number of fused-ring (bicyclic) bond motifs is 1. The van der Waals surface area contributed by atoms with Gasteiger partial charge >= 0.3 is 0 Å². The van der Waals surface area contributed by atoms with Gasteiger partial charge in [-0.3, -0.25) is 9.69 Å². The zero-order chi connectivity index (χ0) is 20.5. The van der Waals surface area contributed by atoms with Gasteiger partial charge in [0.1, 0.15) is 28.9 Å². The van der Waals surface area contributed by atoms with Crippen LogP contribution in [0.4, 0.5) is 14.6 Å². The first-order chi connectivity index (χ1) is 14.0. The summed E-state index contributed by atoms with van der Waals surface area (Å²) in [6.45, 7) is 4.07. The summed E-state index contributed by atoms with van der Waals surface area (Å²) in [5.74, 6) is -0.684. The highest BCUT2D eigenvalue weighted by atomic mass is 19.1. The number of pyridine rings is 1. The SMILES string of the molecule is Cc1nc2cc(F)c(CN3CCN(c4ccc(C#N)cn4)CC3)c(F)c2[nH]c1=O. The van der Waals surface area contributed by atoms with Crippen molar-refractivity contribution in [1.82, 2.24) is 19.9 Å². The number of aryl methyl sites for hydroxylation is 1. The van der Waals surface area contributed by atoms with Crippen LogP contribution < -0.4 is 10.5 Å². The highest BCUT2D eigenvalue weighted by molar-refractivity contribution is 5.76. The minimum absolute atomic E-state index is 0.0718. The number of hydrogen-bond acceptors (Lipinski definition) is 6. The van der Waals surface area contributed by atoms with Gasteiger partial charge in [0.2, 0.25) is 0 Å². The number of rotatable bonds is 3. The molecular weight excluding hydrogens is 378 g/mol. The second kappa shape index (κ2) is 7.56. The van der Waals surface area contributed by atoms with Crippen LogP contribution in [0.25, 0.3) is 11.0 Å². The van der Waals surface area contributed by atoms with Crippen LogP contribution in [0.1, 0.15) is 16.8 Å². The molecule has 1 aliphatic heterocycles. The number of aromatic amines is 1. The Morgan fingerprint density at radius 2 is 2.00 bits per heavy atom. The molecule has 0 unspecified atom stereocenters. The molecule has 3 aromatic rings. The second-order valence-corrected chi connectivity index (χ2v) is 6.98. The van der Waals surface area contributed by atoms with E-state index in [9.17, 15) is 13.6 Å². The molecule has 4 rings (SSSR count). The number of benzene rings is 1. The molecule has 29 heavy (non-hydrogen) atoms. The quantitative estimate of drug-likeness (QED) is 0.729. The van der Waals surface area contributed by atoms with E-state index in [0.717, 1.165) is 11.9 Å². The summed E-state index contributed by atoms with van der Waals surface area (Å²) in [6, 6.07) is 6.70. The molecule has 2 aromatic heterocycles. The number of nitrogens with zero attached hydrogens (tertiary/aromatic N) is 5.